The van der Waals surface area contributed by atoms with Gasteiger partial charge < -0.3 is 20.1 Å². The Morgan fingerprint density at radius 3 is 2.33 bits per heavy atom. The third kappa shape index (κ3) is 3.99. The summed E-state index contributed by atoms with van der Waals surface area (Å²) in [4.78, 5) is 30.4. The first-order valence-corrected chi connectivity index (χ1v) is 12.0. The molecule has 5 rings (SSSR count). The highest BCUT2D eigenvalue weighted by Crippen LogP contribution is 2.37. The zero-order valence-corrected chi connectivity index (χ0v) is 19.9. The molecule has 1 amide bonds. The van der Waals surface area contributed by atoms with E-state index in [-0.39, 0.29) is 11.3 Å². The number of hydrogen-bond donors (Lipinski definition) is 2. The molecule has 0 atom stereocenters. The standard InChI is InChI=1S/C26H34N6O/c1-25(2,3)19-4-6-20(7-5-19)26(9-12-27-13-10-26)24(33)32-16-14-31(15-17-32)23-21-8-11-28-22(21)29-18-30-23/h4-8,11,18,27H,9-10,12-17H2,1-3H3,(H,28,29,30). The summed E-state index contributed by atoms with van der Waals surface area (Å²) in [6, 6.07) is 10.8. The van der Waals surface area contributed by atoms with Gasteiger partial charge in [0.05, 0.1) is 10.8 Å². The molecule has 0 radical (unpaired) electrons. The van der Waals surface area contributed by atoms with Crippen LogP contribution in [0.25, 0.3) is 11.0 Å². The molecule has 2 aliphatic rings. The Morgan fingerprint density at radius 1 is 0.970 bits per heavy atom. The monoisotopic (exact) mass is 446 g/mol. The number of fused-ring (bicyclic) bond motifs is 1. The molecule has 1 aromatic carbocycles. The quantitative estimate of drug-likeness (QED) is 0.646. The third-order valence-electron chi connectivity index (χ3n) is 7.37. The number of hydrogen-bond acceptors (Lipinski definition) is 5. The van der Waals surface area contributed by atoms with Crippen molar-refractivity contribution in [3.05, 3.63) is 54.0 Å². The minimum atomic E-state index is -0.438. The molecule has 4 heterocycles. The van der Waals surface area contributed by atoms with Crippen LogP contribution in [-0.2, 0) is 15.6 Å². The average Bonchev–Trinajstić information content (AvgIpc) is 3.33. The van der Waals surface area contributed by atoms with Crippen molar-refractivity contribution in [1.29, 1.82) is 0 Å². The van der Waals surface area contributed by atoms with Crippen molar-refractivity contribution in [1.82, 2.24) is 25.2 Å². The van der Waals surface area contributed by atoms with E-state index in [0.717, 1.165) is 61.4 Å². The van der Waals surface area contributed by atoms with E-state index in [1.165, 1.54) is 5.56 Å². The molecule has 2 N–H and O–H groups in total. The second kappa shape index (κ2) is 8.45. The lowest BCUT2D eigenvalue weighted by molar-refractivity contribution is -0.139. The second-order valence-electron chi connectivity index (χ2n) is 10.4. The van der Waals surface area contributed by atoms with Crippen LogP contribution in [0.3, 0.4) is 0 Å². The number of piperazine rings is 1. The number of piperidine rings is 1. The normalized spacial score (nSPS) is 19.1. The van der Waals surface area contributed by atoms with Gasteiger partial charge in [-0.25, -0.2) is 9.97 Å². The molecule has 3 aromatic rings. The average molecular weight is 447 g/mol. The molecule has 174 valence electrons. The Hall–Kier alpha value is -2.93. The minimum Gasteiger partial charge on any atom is -0.352 e. The Bertz CT molecular complexity index is 1120. The van der Waals surface area contributed by atoms with Gasteiger partial charge in [0.2, 0.25) is 5.91 Å². The first-order valence-electron chi connectivity index (χ1n) is 12.0. The number of nitrogens with zero attached hydrogens (tertiary/aromatic N) is 4. The second-order valence-corrected chi connectivity index (χ2v) is 10.4. The van der Waals surface area contributed by atoms with Gasteiger partial charge in [0, 0.05) is 32.4 Å². The van der Waals surface area contributed by atoms with Gasteiger partial charge >= 0.3 is 0 Å². The molecule has 2 saturated heterocycles. The number of benzene rings is 1. The zero-order chi connectivity index (χ0) is 23.1. The molecular weight excluding hydrogens is 412 g/mol. The molecular formula is C26H34N6O. The van der Waals surface area contributed by atoms with Crippen LogP contribution in [0.15, 0.2) is 42.9 Å². The van der Waals surface area contributed by atoms with Gasteiger partial charge in [-0.3, -0.25) is 4.79 Å². The van der Waals surface area contributed by atoms with Gasteiger partial charge in [-0.2, -0.15) is 0 Å². The largest absolute Gasteiger partial charge is 0.352 e. The highest BCUT2D eigenvalue weighted by Gasteiger charge is 2.44. The lowest BCUT2D eigenvalue weighted by atomic mass is 9.71. The Balaban J connectivity index is 1.36. The number of aromatic nitrogens is 3. The summed E-state index contributed by atoms with van der Waals surface area (Å²) in [5.41, 5.74) is 2.98. The van der Waals surface area contributed by atoms with Gasteiger partial charge in [-0.05, 0) is 48.5 Å². The van der Waals surface area contributed by atoms with Crippen LogP contribution >= 0.6 is 0 Å². The summed E-state index contributed by atoms with van der Waals surface area (Å²) in [6.45, 7) is 11.4. The lowest BCUT2D eigenvalue weighted by Crippen LogP contribution is -2.57. The summed E-state index contributed by atoms with van der Waals surface area (Å²) in [5, 5.41) is 4.48. The number of nitrogens with one attached hydrogen (secondary N) is 2. The molecule has 0 aliphatic carbocycles. The fraction of sp³-hybridized carbons (Fsp3) is 0.500. The van der Waals surface area contributed by atoms with Crippen molar-refractivity contribution in [2.45, 2.75) is 44.4 Å². The highest BCUT2D eigenvalue weighted by molar-refractivity contribution is 5.90. The van der Waals surface area contributed by atoms with Crippen LogP contribution in [0, 0.1) is 0 Å². The van der Waals surface area contributed by atoms with E-state index in [2.05, 4.69) is 75.1 Å². The maximum Gasteiger partial charge on any atom is 0.233 e. The molecule has 33 heavy (non-hydrogen) atoms. The topological polar surface area (TPSA) is 77.2 Å². The summed E-state index contributed by atoms with van der Waals surface area (Å²) in [5.74, 6) is 1.23. The molecule has 2 fully saturated rings. The Morgan fingerprint density at radius 2 is 1.67 bits per heavy atom. The number of carbonyl (C=O) groups is 1. The molecule has 7 heteroatoms. The minimum absolute atomic E-state index is 0.103. The third-order valence-corrected chi connectivity index (χ3v) is 7.37. The van der Waals surface area contributed by atoms with Gasteiger partial charge in [0.25, 0.3) is 0 Å². The Kier molecular flexibility index (Phi) is 5.60. The van der Waals surface area contributed by atoms with E-state index in [1.54, 1.807) is 6.33 Å². The zero-order valence-electron chi connectivity index (χ0n) is 19.9. The maximum atomic E-state index is 14.0. The Labute approximate surface area is 195 Å². The molecule has 0 bridgehead atoms. The molecule has 0 spiro atoms. The van der Waals surface area contributed by atoms with Crippen molar-refractivity contribution in [2.75, 3.05) is 44.2 Å². The fourth-order valence-electron chi connectivity index (χ4n) is 5.30. The molecule has 2 aromatic heterocycles. The van der Waals surface area contributed by atoms with E-state index in [4.69, 9.17) is 0 Å². The van der Waals surface area contributed by atoms with Crippen molar-refractivity contribution in [3.8, 4) is 0 Å². The highest BCUT2D eigenvalue weighted by atomic mass is 16.2. The van der Waals surface area contributed by atoms with Crippen LogP contribution in [-0.4, -0.2) is 65.0 Å². The number of amides is 1. The van der Waals surface area contributed by atoms with Crippen LogP contribution < -0.4 is 10.2 Å². The predicted octanol–water partition coefficient (Wildman–Crippen LogP) is 3.23. The van der Waals surface area contributed by atoms with Gasteiger partial charge in [-0.1, -0.05) is 45.0 Å². The van der Waals surface area contributed by atoms with Crippen molar-refractivity contribution in [2.24, 2.45) is 0 Å². The number of carbonyl (C=O) groups excluding carboxylic acids is 1. The summed E-state index contributed by atoms with van der Waals surface area (Å²) in [6.07, 6.45) is 5.19. The van der Waals surface area contributed by atoms with Crippen LogP contribution in [0.2, 0.25) is 0 Å². The first-order chi connectivity index (χ1) is 15.9. The van der Waals surface area contributed by atoms with E-state index < -0.39 is 5.41 Å². The van der Waals surface area contributed by atoms with Gasteiger partial charge in [-0.15, -0.1) is 0 Å². The van der Waals surface area contributed by atoms with Crippen molar-refractivity contribution >= 4 is 22.8 Å². The fourth-order valence-corrected chi connectivity index (χ4v) is 5.30. The maximum absolute atomic E-state index is 14.0. The SMILES string of the molecule is CC(C)(C)c1ccc(C2(C(=O)N3CCN(c4ncnc5[nH]ccc45)CC3)CCNCC2)cc1. The van der Waals surface area contributed by atoms with E-state index in [1.807, 2.05) is 12.3 Å². The predicted molar refractivity (Wildman–Crippen MR) is 132 cm³/mol. The molecule has 0 unspecified atom stereocenters. The van der Waals surface area contributed by atoms with E-state index >= 15 is 0 Å². The summed E-state index contributed by atoms with van der Waals surface area (Å²) >= 11 is 0. The number of aromatic amines is 1. The number of rotatable bonds is 3. The summed E-state index contributed by atoms with van der Waals surface area (Å²) < 4.78 is 0. The van der Waals surface area contributed by atoms with Crippen LogP contribution in [0.5, 0.6) is 0 Å². The van der Waals surface area contributed by atoms with Crippen molar-refractivity contribution in [3.63, 3.8) is 0 Å². The van der Waals surface area contributed by atoms with Gasteiger partial charge in [0.15, 0.2) is 0 Å². The molecule has 7 nitrogen and oxygen atoms in total. The molecule has 2 aliphatic heterocycles. The van der Waals surface area contributed by atoms with E-state index in [9.17, 15) is 4.79 Å². The number of anilines is 1. The smallest absolute Gasteiger partial charge is 0.233 e. The van der Waals surface area contributed by atoms with Crippen LogP contribution in [0.4, 0.5) is 5.82 Å². The summed E-state index contributed by atoms with van der Waals surface area (Å²) in [7, 11) is 0. The lowest BCUT2D eigenvalue weighted by Gasteiger charge is -2.43. The first kappa shape index (κ1) is 21.9. The van der Waals surface area contributed by atoms with Crippen LogP contribution in [0.1, 0.15) is 44.7 Å². The number of H-pyrrole nitrogens is 1. The van der Waals surface area contributed by atoms with E-state index in [0.29, 0.717) is 13.1 Å². The molecule has 0 saturated carbocycles. The van der Waals surface area contributed by atoms with Gasteiger partial charge in [0.1, 0.15) is 17.8 Å². The van der Waals surface area contributed by atoms with Crippen molar-refractivity contribution < 1.29 is 4.79 Å².